The number of carbonyl (C=O) groups excluding carboxylic acids is 2. The van der Waals surface area contributed by atoms with E-state index in [2.05, 4.69) is 5.32 Å². The van der Waals surface area contributed by atoms with Gasteiger partial charge in [0.05, 0.1) is 6.54 Å². The van der Waals surface area contributed by atoms with E-state index in [1.165, 1.54) is 11.0 Å². The molecule has 1 heterocycles. The number of anilines is 2. The maximum absolute atomic E-state index is 11.4. The summed E-state index contributed by atoms with van der Waals surface area (Å²) in [4.78, 5) is 24.4. The molecule has 18 heavy (non-hydrogen) atoms. The minimum Gasteiger partial charge on any atom is -0.447 e. The molecular formula is C13H14N2O3. The SMILES string of the molecule is CC=CC(=O)Nc1cccc(N2CCOC2=O)c1. The monoisotopic (exact) mass is 246 g/mol. The second kappa shape index (κ2) is 5.35. The van der Waals surface area contributed by atoms with Crippen LogP contribution < -0.4 is 10.2 Å². The van der Waals surface area contributed by atoms with Gasteiger partial charge >= 0.3 is 6.09 Å². The van der Waals surface area contributed by atoms with E-state index in [1.54, 1.807) is 37.3 Å². The Hall–Kier alpha value is -2.30. The van der Waals surface area contributed by atoms with E-state index in [1.807, 2.05) is 0 Å². The molecule has 2 rings (SSSR count). The predicted molar refractivity (Wildman–Crippen MR) is 68.6 cm³/mol. The summed E-state index contributed by atoms with van der Waals surface area (Å²) >= 11 is 0. The van der Waals surface area contributed by atoms with Crippen molar-refractivity contribution in [2.45, 2.75) is 6.92 Å². The number of amides is 2. The number of nitrogens with one attached hydrogen (secondary N) is 1. The van der Waals surface area contributed by atoms with E-state index in [4.69, 9.17) is 4.74 Å². The van der Waals surface area contributed by atoms with Crippen molar-refractivity contribution in [1.82, 2.24) is 0 Å². The molecule has 1 N–H and O–H groups in total. The maximum Gasteiger partial charge on any atom is 0.414 e. The van der Waals surface area contributed by atoms with E-state index in [9.17, 15) is 9.59 Å². The molecule has 2 amide bonds. The number of cyclic esters (lactones) is 1. The van der Waals surface area contributed by atoms with Crippen LogP contribution in [0.3, 0.4) is 0 Å². The van der Waals surface area contributed by atoms with Crippen molar-refractivity contribution in [3.8, 4) is 0 Å². The molecule has 0 unspecified atom stereocenters. The summed E-state index contributed by atoms with van der Waals surface area (Å²) in [6, 6.07) is 7.10. The Balaban J connectivity index is 2.14. The van der Waals surface area contributed by atoms with Gasteiger partial charge in [-0.15, -0.1) is 0 Å². The fraction of sp³-hybridized carbons (Fsp3) is 0.231. The Morgan fingerprint density at radius 1 is 1.50 bits per heavy atom. The molecule has 0 bridgehead atoms. The first-order chi connectivity index (χ1) is 8.70. The van der Waals surface area contributed by atoms with Gasteiger partial charge in [0, 0.05) is 11.4 Å². The van der Waals surface area contributed by atoms with Gasteiger partial charge < -0.3 is 10.1 Å². The topological polar surface area (TPSA) is 58.6 Å². The lowest BCUT2D eigenvalue weighted by Crippen LogP contribution is -2.23. The Labute approximate surface area is 105 Å². The van der Waals surface area contributed by atoms with Crippen molar-refractivity contribution < 1.29 is 14.3 Å². The summed E-state index contributed by atoms with van der Waals surface area (Å²) in [6.07, 6.45) is 2.75. The number of ether oxygens (including phenoxy) is 1. The first-order valence-corrected chi connectivity index (χ1v) is 5.69. The molecule has 1 aliphatic rings. The molecule has 0 radical (unpaired) electrons. The third-order valence-electron chi connectivity index (χ3n) is 2.50. The molecule has 1 aromatic rings. The van der Waals surface area contributed by atoms with Gasteiger partial charge in [-0.05, 0) is 31.2 Å². The fourth-order valence-corrected chi connectivity index (χ4v) is 1.71. The van der Waals surface area contributed by atoms with Gasteiger partial charge in [0.2, 0.25) is 5.91 Å². The van der Waals surface area contributed by atoms with Crippen LogP contribution in [0.1, 0.15) is 6.92 Å². The first-order valence-electron chi connectivity index (χ1n) is 5.69. The lowest BCUT2D eigenvalue weighted by Gasteiger charge is -2.13. The molecule has 0 saturated carbocycles. The van der Waals surface area contributed by atoms with Crippen molar-refractivity contribution in [2.24, 2.45) is 0 Å². The second-order valence-corrected chi connectivity index (χ2v) is 3.81. The number of carbonyl (C=O) groups is 2. The summed E-state index contributed by atoms with van der Waals surface area (Å²) in [5, 5.41) is 2.72. The van der Waals surface area contributed by atoms with Crippen LogP contribution in [0.25, 0.3) is 0 Å². The molecule has 1 aliphatic heterocycles. The van der Waals surface area contributed by atoms with Crippen molar-refractivity contribution in [3.05, 3.63) is 36.4 Å². The summed E-state index contributed by atoms with van der Waals surface area (Å²) in [5.41, 5.74) is 1.37. The molecule has 1 saturated heterocycles. The standard InChI is InChI=1S/C13H14N2O3/c1-2-4-12(16)14-10-5-3-6-11(9-10)15-7-8-18-13(15)17/h2-6,9H,7-8H2,1H3,(H,14,16). The Kier molecular flexibility index (Phi) is 3.62. The van der Waals surface area contributed by atoms with Gasteiger partial charge in [0.1, 0.15) is 6.61 Å². The lowest BCUT2D eigenvalue weighted by molar-refractivity contribution is -0.111. The molecule has 0 atom stereocenters. The first kappa shape index (κ1) is 12.2. The van der Waals surface area contributed by atoms with Crippen LogP contribution in [0.15, 0.2) is 36.4 Å². The largest absolute Gasteiger partial charge is 0.447 e. The molecule has 5 nitrogen and oxygen atoms in total. The summed E-state index contributed by atoms with van der Waals surface area (Å²) in [7, 11) is 0. The average Bonchev–Trinajstić information content (AvgIpc) is 2.76. The van der Waals surface area contributed by atoms with Gasteiger partial charge in [0.15, 0.2) is 0 Å². The quantitative estimate of drug-likeness (QED) is 0.831. The van der Waals surface area contributed by atoms with Crippen molar-refractivity contribution in [1.29, 1.82) is 0 Å². The van der Waals surface area contributed by atoms with Gasteiger partial charge in [-0.2, -0.15) is 0 Å². The smallest absolute Gasteiger partial charge is 0.414 e. The Morgan fingerprint density at radius 3 is 3.00 bits per heavy atom. The highest BCUT2D eigenvalue weighted by molar-refractivity contribution is 6.00. The molecule has 94 valence electrons. The van der Waals surface area contributed by atoms with Crippen LogP contribution in [0.5, 0.6) is 0 Å². The van der Waals surface area contributed by atoms with E-state index in [0.29, 0.717) is 18.8 Å². The predicted octanol–water partition coefficient (Wildman–Crippen LogP) is 2.16. The van der Waals surface area contributed by atoms with Gasteiger partial charge in [-0.25, -0.2) is 4.79 Å². The van der Waals surface area contributed by atoms with Gasteiger partial charge in [-0.1, -0.05) is 12.1 Å². The molecule has 1 fully saturated rings. The lowest BCUT2D eigenvalue weighted by atomic mass is 10.2. The Morgan fingerprint density at radius 2 is 2.33 bits per heavy atom. The van der Waals surface area contributed by atoms with E-state index in [0.717, 1.165) is 5.69 Å². The van der Waals surface area contributed by atoms with Crippen LogP contribution in [-0.4, -0.2) is 25.2 Å². The molecule has 0 aromatic heterocycles. The third-order valence-corrected chi connectivity index (χ3v) is 2.50. The van der Waals surface area contributed by atoms with Crippen LogP contribution in [0, 0.1) is 0 Å². The number of hydrogen-bond donors (Lipinski definition) is 1. The number of rotatable bonds is 3. The van der Waals surface area contributed by atoms with E-state index >= 15 is 0 Å². The van der Waals surface area contributed by atoms with Crippen molar-refractivity contribution >= 4 is 23.4 Å². The number of nitrogens with zero attached hydrogens (tertiary/aromatic N) is 1. The number of benzene rings is 1. The van der Waals surface area contributed by atoms with Crippen LogP contribution in [0.4, 0.5) is 16.2 Å². The molecule has 5 heteroatoms. The molecule has 0 aliphatic carbocycles. The molecular weight excluding hydrogens is 232 g/mol. The van der Waals surface area contributed by atoms with E-state index in [-0.39, 0.29) is 12.0 Å². The normalized spacial score (nSPS) is 14.9. The zero-order valence-electron chi connectivity index (χ0n) is 10.1. The highest BCUT2D eigenvalue weighted by Crippen LogP contribution is 2.22. The van der Waals surface area contributed by atoms with Crippen LogP contribution in [-0.2, 0) is 9.53 Å². The minimum absolute atomic E-state index is 0.196. The second-order valence-electron chi connectivity index (χ2n) is 3.81. The van der Waals surface area contributed by atoms with Gasteiger partial charge in [-0.3, -0.25) is 9.69 Å². The van der Waals surface area contributed by atoms with Gasteiger partial charge in [0.25, 0.3) is 0 Å². The summed E-state index contributed by atoms with van der Waals surface area (Å²) < 4.78 is 4.87. The van der Waals surface area contributed by atoms with Crippen molar-refractivity contribution in [2.75, 3.05) is 23.4 Å². The maximum atomic E-state index is 11.4. The highest BCUT2D eigenvalue weighted by Gasteiger charge is 2.23. The summed E-state index contributed by atoms with van der Waals surface area (Å²) in [6.45, 7) is 2.70. The van der Waals surface area contributed by atoms with Crippen LogP contribution >= 0.6 is 0 Å². The Bertz CT molecular complexity index is 497. The van der Waals surface area contributed by atoms with E-state index < -0.39 is 0 Å². The average molecular weight is 246 g/mol. The molecule has 0 spiro atoms. The zero-order chi connectivity index (χ0) is 13.0. The number of hydrogen-bond acceptors (Lipinski definition) is 3. The summed E-state index contributed by atoms with van der Waals surface area (Å²) in [5.74, 6) is -0.196. The zero-order valence-corrected chi connectivity index (χ0v) is 10.1. The fourth-order valence-electron chi connectivity index (χ4n) is 1.71. The van der Waals surface area contributed by atoms with Crippen molar-refractivity contribution in [3.63, 3.8) is 0 Å². The number of allylic oxidation sites excluding steroid dienone is 1. The minimum atomic E-state index is -0.355. The highest BCUT2D eigenvalue weighted by atomic mass is 16.6. The van der Waals surface area contributed by atoms with Crippen LogP contribution in [0.2, 0.25) is 0 Å². The third kappa shape index (κ3) is 2.68. The molecule has 1 aromatic carbocycles.